The van der Waals surface area contributed by atoms with Crippen LogP contribution < -0.4 is 10.5 Å². The number of furan rings is 1. The van der Waals surface area contributed by atoms with Crippen LogP contribution in [0.4, 0.5) is 0 Å². The quantitative estimate of drug-likeness (QED) is 0.809. The molecule has 98 valence electrons. The summed E-state index contributed by atoms with van der Waals surface area (Å²) in [4.78, 5) is 0.182. The summed E-state index contributed by atoms with van der Waals surface area (Å²) in [6, 6.07) is 1.48. The Morgan fingerprint density at radius 3 is 2.65 bits per heavy atom. The molecule has 0 radical (unpaired) electrons. The smallest absolute Gasteiger partial charge is 0.244 e. The third-order valence-electron chi connectivity index (χ3n) is 2.73. The molecular formula is C11H20N2O3S. The van der Waals surface area contributed by atoms with Gasteiger partial charge in [-0.25, -0.2) is 13.1 Å². The Labute approximate surface area is 102 Å². The summed E-state index contributed by atoms with van der Waals surface area (Å²) in [5.74, 6) is 1.17. The second-order valence-corrected chi connectivity index (χ2v) is 5.94. The first-order chi connectivity index (χ1) is 7.90. The predicted octanol–water partition coefficient (Wildman–Crippen LogP) is 1.37. The summed E-state index contributed by atoms with van der Waals surface area (Å²) >= 11 is 0. The molecule has 0 amide bonds. The van der Waals surface area contributed by atoms with Gasteiger partial charge in [0.15, 0.2) is 0 Å². The number of rotatable bonds is 6. The van der Waals surface area contributed by atoms with E-state index in [0.29, 0.717) is 24.0 Å². The van der Waals surface area contributed by atoms with E-state index < -0.39 is 10.0 Å². The molecule has 6 heteroatoms. The van der Waals surface area contributed by atoms with Crippen molar-refractivity contribution in [2.75, 3.05) is 6.54 Å². The minimum absolute atomic E-state index is 0.182. The Morgan fingerprint density at radius 1 is 1.53 bits per heavy atom. The van der Waals surface area contributed by atoms with E-state index in [1.165, 1.54) is 6.07 Å². The van der Waals surface area contributed by atoms with Gasteiger partial charge >= 0.3 is 0 Å². The normalized spacial score (nSPS) is 13.9. The van der Waals surface area contributed by atoms with Crippen LogP contribution in [0.1, 0.15) is 31.8 Å². The zero-order valence-electron chi connectivity index (χ0n) is 10.5. The Hall–Kier alpha value is -0.850. The highest BCUT2D eigenvalue weighted by Crippen LogP contribution is 2.19. The van der Waals surface area contributed by atoms with E-state index in [-0.39, 0.29) is 11.4 Å². The van der Waals surface area contributed by atoms with Crippen molar-refractivity contribution < 1.29 is 12.8 Å². The summed E-state index contributed by atoms with van der Waals surface area (Å²) in [6.07, 6.45) is 0.931. The molecule has 0 saturated carbocycles. The van der Waals surface area contributed by atoms with Gasteiger partial charge in [0, 0.05) is 12.6 Å². The highest BCUT2D eigenvalue weighted by Gasteiger charge is 2.21. The van der Waals surface area contributed by atoms with Crippen LogP contribution >= 0.6 is 0 Å². The van der Waals surface area contributed by atoms with Crippen LogP contribution in [0.15, 0.2) is 15.4 Å². The van der Waals surface area contributed by atoms with Gasteiger partial charge in [0.2, 0.25) is 10.0 Å². The van der Waals surface area contributed by atoms with Gasteiger partial charge in [0.05, 0.1) is 6.54 Å². The van der Waals surface area contributed by atoms with E-state index in [2.05, 4.69) is 4.72 Å². The lowest BCUT2D eigenvalue weighted by atomic mass is 10.1. The number of aryl methyl sites for hydroxylation is 1. The molecule has 0 bridgehead atoms. The molecule has 1 aromatic heterocycles. The second kappa shape index (κ2) is 5.66. The Balaban J connectivity index is 2.85. The molecule has 0 spiro atoms. The summed E-state index contributed by atoms with van der Waals surface area (Å²) in [5, 5.41) is 0. The predicted molar refractivity (Wildman–Crippen MR) is 66.0 cm³/mol. The van der Waals surface area contributed by atoms with E-state index in [4.69, 9.17) is 10.2 Å². The van der Waals surface area contributed by atoms with Crippen LogP contribution in [0, 0.1) is 12.8 Å². The topological polar surface area (TPSA) is 85.3 Å². The molecule has 0 aliphatic heterocycles. The van der Waals surface area contributed by atoms with Gasteiger partial charge in [-0.3, -0.25) is 0 Å². The van der Waals surface area contributed by atoms with Gasteiger partial charge < -0.3 is 10.2 Å². The number of nitrogens with one attached hydrogen (secondary N) is 1. The van der Waals surface area contributed by atoms with E-state index in [1.807, 2.05) is 13.8 Å². The lowest BCUT2D eigenvalue weighted by molar-refractivity contribution is 0.477. The van der Waals surface area contributed by atoms with E-state index >= 15 is 0 Å². The lowest BCUT2D eigenvalue weighted by Crippen LogP contribution is -2.28. The number of nitrogens with two attached hydrogens (primary N) is 1. The van der Waals surface area contributed by atoms with Gasteiger partial charge in [0.25, 0.3) is 0 Å². The highest BCUT2D eigenvalue weighted by molar-refractivity contribution is 7.89. The molecule has 3 N–H and O–H groups in total. The van der Waals surface area contributed by atoms with Crippen LogP contribution in [-0.4, -0.2) is 15.0 Å². The average Bonchev–Trinajstić information content (AvgIpc) is 2.68. The molecule has 5 nitrogen and oxygen atoms in total. The molecule has 0 aliphatic rings. The molecule has 1 unspecified atom stereocenters. The van der Waals surface area contributed by atoms with E-state index in [1.54, 1.807) is 6.92 Å². The summed E-state index contributed by atoms with van der Waals surface area (Å²) in [6.45, 7) is 6.27. The molecule has 1 heterocycles. The van der Waals surface area contributed by atoms with Crippen molar-refractivity contribution >= 4 is 10.0 Å². The van der Waals surface area contributed by atoms with Crippen molar-refractivity contribution in [1.82, 2.24) is 4.72 Å². The SMILES string of the molecule is CCC(C)CNS(=O)(=O)c1cc(CN)oc1C. The standard InChI is InChI=1S/C11H20N2O3S/c1-4-8(2)7-13-17(14,15)11-5-10(6-12)16-9(11)3/h5,8,13H,4,6-7,12H2,1-3H3. The van der Waals surface area contributed by atoms with Gasteiger partial charge in [-0.15, -0.1) is 0 Å². The Kier molecular flexibility index (Phi) is 4.73. The van der Waals surface area contributed by atoms with Crippen LogP contribution in [0.2, 0.25) is 0 Å². The van der Waals surface area contributed by atoms with Crippen LogP contribution in [-0.2, 0) is 16.6 Å². The zero-order valence-corrected chi connectivity index (χ0v) is 11.3. The van der Waals surface area contributed by atoms with Crippen molar-refractivity contribution in [3.8, 4) is 0 Å². The average molecular weight is 260 g/mol. The Bertz CT molecular complexity index is 465. The van der Waals surface area contributed by atoms with Gasteiger partial charge in [-0.2, -0.15) is 0 Å². The second-order valence-electron chi connectivity index (χ2n) is 4.20. The van der Waals surface area contributed by atoms with Crippen molar-refractivity contribution in [3.05, 3.63) is 17.6 Å². The summed E-state index contributed by atoms with van der Waals surface area (Å²) < 4.78 is 31.8. The maximum absolute atomic E-state index is 12.0. The van der Waals surface area contributed by atoms with Crippen LogP contribution in [0.25, 0.3) is 0 Å². The maximum Gasteiger partial charge on any atom is 0.244 e. The largest absolute Gasteiger partial charge is 0.464 e. The van der Waals surface area contributed by atoms with Gasteiger partial charge in [-0.05, 0) is 12.8 Å². The zero-order chi connectivity index (χ0) is 13.1. The molecule has 17 heavy (non-hydrogen) atoms. The van der Waals surface area contributed by atoms with Crippen molar-refractivity contribution in [3.63, 3.8) is 0 Å². The third-order valence-corrected chi connectivity index (χ3v) is 4.26. The first kappa shape index (κ1) is 14.2. The van der Waals surface area contributed by atoms with Crippen LogP contribution in [0.3, 0.4) is 0 Å². The van der Waals surface area contributed by atoms with Crippen molar-refractivity contribution in [1.29, 1.82) is 0 Å². The highest BCUT2D eigenvalue weighted by atomic mass is 32.2. The number of hydrogen-bond acceptors (Lipinski definition) is 4. The molecule has 1 atom stereocenters. The van der Waals surface area contributed by atoms with Gasteiger partial charge in [-0.1, -0.05) is 20.3 Å². The first-order valence-corrected chi connectivity index (χ1v) is 7.18. The Morgan fingerprint density at radius 2 is 2.18 bits per heavy atom. The molecule has 1 aromatic rings. The lowest BCUT2D eigenvalue weighted by Gasteiger charge is -2.09. The van der Waals surface area contributed by atoms with Crippen LogP contribution in [0.5, 0.6) is 0 Å². The third kappa shape index (κ3) is 3.55. The van der Waals surface area contributed by atoms with Gasteiger partial charge in [0.1, 0.15) is 16.4 Å². The minimum atomic E-state index is -3.48. The van der Waals surface area contributed by atoms with E-state index in [0.717, 1.165) is 6.42 Å². The van der Waals surface area contributed by atoms with Crippen molar-refractivity contribution in [2.45, 2.75) is 38.6 Å². The minimum Gasteiger partial charge on any atom is -0.464 e. The summed E-state index contributed by atoms with van der Waals surface area (Å²) in [7, 11) is -3.48. The fourth-order valence-electron chi connectivity index (χ4n) is 1.37. The molecule has 0 aliphatic carbocycles. The fourth-order valence-corrected chi connectivity index (χ4v) is 2.73. The molecular weight excluding hydrogens is 240 g/mol. The number of hydrogen-bond donors (Lipinski definition) is 2. The molecule has 1 rings (SSSR count). The maximum atomic E-state index is 12.0. The fraction of sp³-hybridized carbons (Fsp3) is 0.636. The molecule has 0 saturated heterocycles. The van der Waals surface area contributed by atoms with Crippen molar-refractivity contribution in [2.24, 2.45) is 11.7 Å². The molecule has 0 aromatic carbocycles. The first-order valence-electron chi connectivity index (χ1n) is 5.69. The molecule has 0 fully saturated rings. The van der Waals surface area contributed by atoms with E-state index in [9.17, 15) is 8.42 Å². The monoisotopic (exact) mass is 260 g/mol. The summed E-state index contributed by atoms with van der Waals surface area (Å²) in [5.41, 5.74) is 5.41. The number of sulfonamides is 1.